The van der Waals surface area contributed by atoms with Gasteiger partial charge < -0.3 is 0 Å². The molecule has 136 valence electrons. The van der Waals surface area contributed by atoms with E-state index < -0.39 is 17.8 Å². The van der Waals surface area contributed by atoms with E-state index in [9.17, 15) is 22.8 Å². The van der Waals surface area contributed by atoms with Crippen LogP contribution >= 0.6 is 0 Å². The molecule has 9 heteroatoms. The monoisotopic (exact) mass is 364 g/mol. The summed E-state index contributed by atoms with van der Waals surface area (Å²) in [6, 6.07) is 4.87. The van der Waals surface area contributed by atoms with Crippen LogP contribution in [0.5, 0.6) is 0 Å². The number of rotatable bonds is 2. The third kappa shape index (κ3) is 3.37. The van der Waals surface area contributed by atoms with Gasteiger partial charge in [-0.05, 0) is 36.6 Å². The van der Waals surface area contributed by atoms with Gasteiger partial charge in [0, 0.05) is 19.8 Å². The number of nitrogens with zero attached hydrogens (tertiary/aromatic N) is 4. The fourth-order valence-corrected chi connectivity index (χ4v) is 2.74. The molecule has 0 aliphatic carbocycles. The van der Waals surface area contributed by atoms with Gasteiger partial charge in [-0.2, -0.15) is 13.2 Å². The number of aromatic nitrogens is 2. The van der Waals surface area contributed by atoms with Crippen molar-refractivity contribution in [1.29, 1.82) is 0 Å². The zero-order valence-electron chi connectivity index (χ0n) is 13.8. The SMILES string of the molecule is CN(C(=O)N1CCCc2ccc(C=O)nc21)c1ccc(C(F)(F)F)cn1. The number of aldehydes is 1. The number of alkyl halides is 3. The van der Waals surface area contributed by atoms with E-state index in [0.717, 1.165) is 35.4 Å². The number of hydrogen-bond acceptors (Lipinski definition) is 4. The van der Waals surface area contributed by atoms with Crippen LogP contribution in [0.2, 0.25) is 0 Å². The van der Waals surface area contributed by atoms with E-state index in [0.29, 0.717) is 24.8 Å². The molecule has 0 saturated carbocycles. The molecular formula is C17H15F3N4O2. The fourth-order valence-electron chi connectivity index (χ4n) is 2.74. The van der Waals surface area contributed by atoms with E-state index in [1.165, 1.54) is 11.9 Å². The minimum atomic E-state index is -4.49. The van der Waals surface area contributed by atoms with Crippen molar-refractivity contribution in [3.63, 3.8) is 0 Å². The maximum Gasteiger partial charge on any atom is 0.417 e. The first-order valence-electron chi connectivity index (χ1n) is 7.85. The number of carbonyl (C=O) groups is 2. The van der Waals surface area contributed by atoms with Gasteiger partial charge in [-0.3, -0.25) is 14.6 Å². The molecule has 1 aliphatic heterocycles. The number of carbonyl (C=O) groups excluding carboxylic acids is 2. The van der Waals surface area contributed by atoms with Gasteiger partial charge in [0.25, 0.3) is 0 Å². The van der Waals surface area contributed by atoms with Gasteiger partial charge in [0.2, 0.25) is 0 Å². The largest absolute Gasteiger partial charge is 0.417 e. The van der Waals surface area contributed by atoms with E-state index in [2.05, 4.69) is 9.97 Å². The molecule has 0 aromatic carbocycles. The van der Waals surface area contributed by atoms with E-state index in [-0.39, 0.29) is 11.5 Å². The van der Waals surface area contributed by atoms with Crippen molar-refractivity contribution >= 4 is 24.0 Å². The van der Waals surface area contributed by atoms with Crippen LogP contribution in [0.3, 0.4) is 0 Å². The molecule has 0 atom stereocenters. The molecule has 0 bridgehead atoms. The highest BCUT2D eigenvalue weighted by Crippen LogP contribution is 2.30. The lowest BCUT2D eigenvalue weighted by Crippen LogP contribution is -2.44. The molecule has 0 fully saturated rings. The molecule has 2 amide bonds. The summed E-state index contributed by atoms with van der Waals surface area (Å²) in [5.41, 5.74) is 0.158. The molecule has 26 heavy (non-hydrogen) atoms. The Kier molecular flexibility index (Phi) is 4.62. The van der Waals surface area contributed by atoms with E-state index in [1.54, 1.807) is 12.1 Å². The first kappa shape index (κ1) is 17.8. The van der Waals surface area contributed by atoms with Crippen molar-refractivity contribution in [1.82, 2.24) is 9.97 Å². The molecule has 0 radical (unpaired) electrons. The fraction of sp³-hybridized carbons (Fsp3) is 0.294. The number of aryl methyl sites for hydroxylation is 1. The topological polar surface area (TPSA) is 66.4 Å². The van der Waals surface area contributed by atoms with Crippen LogP contribution in [0.15, 0.2) is 30.5 Å². The lowest BCUT2D eigenvalue weighted by molar-refractivity contribution is -0.137. The summed E-state index contributed by atoms with van der Waals surface area (Å²) in [6.07, 6.45) is -1.76. The highest BCUT2D eigenvalue weighted by Gasteiger charge is 2.32. The minimum Gasteiger partial charge on any atom is -0.296 e. The van der Waals surface area contributed by atoms with Gasteiger partial charge in [-0.25, -0.2) is 14.8 Å². The minimum absolute atomic E-state index is 0.0849. The normalized spacial score (nSPS) is 13.9. The van der Waals surface area contributed by atoms with Gasteiger partial charge in [0.05, 0.1) is 5.56 Å². The zero-order valence-corrected chi connectivity index (χ0v) is 13.8. The molecule has 0 spiro atoms. The van der Waals surface area contributed by atoms with Crippen LogP contribution in [0.25, 0.3) is 0 Å². The van der Waals surface area contributed by atoms with Gasteiger partial charge >= 0.3 is 12.2 Å². The maximum atomic E-state index is 12.8. The highest BCUT2D eigenvalue weighted by molar-refractivity contribution is 6.02. The van der Waals surface area contributed by atoms with E-state index in [4.69, 9.17) is 0 Å². The van der Waals surface area contributed by atoms with Gasteiger partial charge in [0.15, 0.2) is 6.29 Å². The van der Waals surface area contributed by atoms with Crippen LogP contribution in [0.4, 0.5) is 29.6 Å². The third-order valence-electron chi connectivity index (χ3n) is 4.12. The lowest BCUT2D eigenvalue weighted by Gasteiger charge is -2.31. The van der Waals surface area contributed by atoms with Crippen LogP contribution in [0, 0.1) is 0 Å². The Morgan fingerprint density at radius 2 is 2.04 bits per heavy atom. The first-order chi connectivity index (χ1) is 12.3. The van der Waals surface area contributed by atoms with E-state index in [1.807, 2.05) is 0 Å². The van der Waals surface area contributed by atoms with Crippen molar-refractivity contribution in [3.8, 4) is 0 Å². The molecule has 2 aromatic rings. The number of anilines is 2. The Morgan fingerprint density at radius 1 is 1.27 bits per heavy atom. The van der Waals surface area contributed by atoms with Crippen LogP contribution in [-0.4, -0.2) is 35.9 Å². The molecule has 0 saturated heterocycles. The average Bonchev–Trinajstić information content (AvgIpc) is 2.65. The Balaban J connectivity index is 1.87. The average molecular weight is 364 g/mol. The summed E-state index contributed by atoms with van der Waals surface area (Å²) >= 11 is 0. The van der Waals surface area contributed by atoms with Crippen molar-refractivity contribution in [2.45, 2.75) is 19.0 Å². The molecule has 1 aliphatic rings. The van der Waals surface area contributed by atoms with Crippen molar-refractivity contribution in [2.75, 3.05) is 23.4 Å². The number of fused-ring (bicyclic) bond motifs is 1. The van der Waals surface area contributed by atoms with Crippen molar-refractivity contribution < 1.29 is 22.8 Å². The number of amides is 2. The lowest BCUT2D eigenvalue weighted by atomic mass is 10.1. The van der Waals surface area contributed by atoms with Gasteiger partial charge in [-0.15, -0.1) is 0 Å². The second kappa shape index (κ2) is 6.74. The number of pyridine rings is 2. The standard InChI is InChI=1S/C17H15F3N4O2/c1-23(14-7-5-12(9-21-14)17(18,19)20)16(26)24-8-2-3-11-4-6-13(10-25)22-15(11)24/h4-7,9-10H,2-3,8H2,1H3. The Bertz CT molecular complexity index is 837. The Labute approximate surface area is 147 Å². The smallest absolute Gasteiger partial charge is 0.296 e. The molecule has 0 N–H and O–H groups in total. The van der Waals surface area contributed by atoms with Crippen LogP contribution in [-0.2, 0) is 12.6 Å². The van der Waals surface area contributed by atoms with Gasteiger partial charge in [0.1, 0.15) is 17.3 Å². The Morgan fingerprint density at radius 3 is 2.65 bits per heavy atom. The molecule has 3 heterocycles. The second-order valence-corrected chi connectivity index (χ2v) is 5.84. The third-order valence-corrected chi connectivity index (χ3v) is 4.12. The molecule has 0 unspecified atom stereocenters. The Hall–Kier alpha value is -2.97. The number of urea groups is 1. The first-order valence-corrected chi connectivity index (χ1v) is 7.85. The highest BCUT2D eigenvalue weighted by atomic mass is 19.4. The summed E-state index contributed by atoms with van der Waals surface area (Å²) < 4.78 is 37.9. The van der Waals surface area contributed by atoms with E-state index >= 15 is 0 Å². The quantitative estimate of drug-likeness (QED) is 0.767. The van der Waals surface area contributed by atoms with Crippen molar-refractivity contribution in [2.24, 2.45) is 0 Å². The molecule has 6 nitrogen and oxygen atoms in total. The number of hydrogen-bond donors (Lipinski definition) is 0. The summed E-state index contributed by atoms with van der Waals surface area (Å²) in [5.74, 6) is 0.478. The summed E-state index contributed by atoms with van der Waals surface area (Å²) in [7, 11) is 1.43. The molecule has 2 aromatic heterocycles. The predicted octanol–water partition coefficient (Wildman–Crippen LogP) is 3.32. The maximum absolute atomic E-state index is 12.8. The molecular weight excluding hydrogens is 349 g/mol. The number of halogens is 3. The summed E-state index contributed by atoms with van der Waals surface area (Å²) in [4.78, 5) is 34.3. The van der Waals surface area contributed by atoms with Crippen LogP contribution in [0.1, 0.15) is 28.0 Å². The second-order valence-electron chi connectivity index (χ2n) is 5.84. The predicted molar refractivity (Wildman–Crippen MR) is 88.3 cm³/mol. The van der Waals surface area contributed by atoms with Gasteiger partial charge in [-0.1, -0.05) is 6.07 Å². The zero-order chi connectivity index (χ0) is 18.9. The van der Waals surface area contributed by atoms with Crippen LogP contribution < -0.4 is 9.80 Å². The summed E-state index contributed by atoms with van der Waals surface area (Å²) in [6.45, 7) is 0.395. The molecule has 3 rings (SSSR count). The van der Waals surface area contributed by atoms with Crippen molar-refractivity contribution in [3.05, 3.63) is 47.3 Å². The summed E-state index contributed by atoms with van der Waals surface area (Å²) in [5, 5.41) is 0.